The van der Waals surface area contributed by atoms with Gasteiger partial charge in [0, 0.05) is 22.0 Å². The van der Waals surface area contributed by atoms with E-state index in [4.69, 9.17) is 0 Å². The zero-order chi connectivity index (χ0) is 20.2. The molecule has 0 unspecified atom stereocenters. The lowest BCUT2D eigenvalue weighted by atomic mass is 10.1. The van der Waals surface area contributed by atoms with Gasteiger partial charge in [0.05, 0.1) is 5.75 Å². The van der Waals surface area contributed by atoms with Crippen LogP contribution < -0.4 is 5.32 Å². The maximum Gasteiger partial charge on any atom is 0.234 e. The maximum atomic E-state index is 13.3. The SMILES string of the molecule is Cc1ccccc1NC(=O)CSc1nnc(-c2ccc(F)cc2)c2ccccc12. The van der Waals surface area contributed by atoms with Crippen molar-refractivity contribution >= 4 is 34.1 Å². The van der Waals surface area contributed by atoms with E-state index in [1.165, 1.54) is 23.9 Å². The molecule has 0 aliphatic rings. The van der Waals surface area contributed by atoms with Crippen LogP contribution in [0.5, 0.6) is 0 Å². The molecule has 1 N–H and O–H groups in total. The normalized spacial score (nSPS) is 10.8. The Balaban J connectivity index is 1.57. The van der Waals surface area contributed by atoms with Gasteiger partial charge < -0.3 is 5.32 Å². The number of anilines is 1. The van der Waals surface area contributed by atoms with Crippen LogP contribution in [0.3, 0.4) is 0 Å². The standard InChI is InChI=1S/C23H18FN3OS/c1-15-6-2-5-9-20(15)25-21(28)14-29-23-19-8-4-3-7-18(19)22(26-27-23)16-10-12-17(24)13-11-16/h2-13H,14H2,1H3,(H,25,28). The number of rotatable bonds is 5. The first-order valence-corrected chi connectivity index (χ1v) is 10.1. The molecule has 4 rings (SSSR count). The van der Waals surface area contributed by atoms with Crippen LogP contribution in [-0.4, -0.2) is 21.9 Å². The van der Waals surface area contributed by atoms with Crippen molar-refractivity contribution in [1.82, 2.24) is 10.2 Å². The molecule has 0 atom stereocenters. The highest BCUT2D eigenvalue weighted by atomic mass is 32.2. The van der Waals surface area contributed by atoms with Crippen LogP contribution in [0.2, 0.25) is 0 Å². The number of carbonyl (C=O) groups is 1. The average molecular weight is 403 g/mol. The first-order valence-electron chi connectivity index (χ1n) is 9.11. The molecule has 0 aliphatic heterocycles. The third kappa shape index (κ3) is 4.27. The monoisotopic (exact) mass is 403 g/mol. The van der Waals surface area contributed by atoms with Crippen molar-refractivity contribution in [3.63, 3.8) is 0 Å². The zero-order valence-electron chi connectivity index (χ0n) is 15.7. The fraction of sp³-hybridized carbons (Fsp3) is 0.0870. The van der Waals surface area contributed by atoms with Crippen molar-refractivity contribution in [2.75, 3.05) is 11.1 Å². The number of nitrogens with zero attached hydrogens (tertiary/aromatic N) is 2. The third-order valence-electron chi connectivity index (χ3n) is 4.53. The molecule has 0 saturated carbocycles. The van der Waals surface area contributed by atoms with Crippen molar-refractivity contribution in [1.29, 1.82) is 0 Å². The Bertz CT molecular complexity index is 1180. The van der Waals surface area contributed by atoms with Gasteiger partial charge in [-0.2, -0.15) is 0 Å². The molecule has 1 heterocycles. The van der Waals surface area contributed by atoms with Gasteiger partial charge in [-0.05, 0) is 42.8 Å². The number of nitrogens with one attached hydrogen (secondary N) is 1. The minimum atomic E-state index is -0.294. The van der Waals surface area contributed by atoms with Crippen molar-refractivity contribution in [3.05, 3.63) is 84.2 Å². The Morgan fingerprint density at radius 2 is 1.62 bits per heavy atom. The van der Waals surface area contributed by atoms with Crippen LogP contribution in [0.4, 0.5) is 10.1 Å². The minimum Gasteiger partial charge on any atom is -0.325 e. The van der Waals surface area contributed by atoms with E-state index in [0.29, 0.717) is 10.7 Å². The Morgan fingerprint density at radius 1 is 0.931 bits per heavy atom. The number of hydrogen-bond donors (Lipinski definition) is 1. The zero-order valence-corrected chi connectivity index (χ0v) is 16.5. The van der Waals surface area contributed by atoms with Crippen LogP contribution >= 0.6 is 11.8 Å². The number of carbonyl (C=O) groups excluding carboxylic acids is 1. The predicted octanol–water partition coefficient (Wildman–Crippen LogP) is 5.48. The molecule has 6 heteroatoms. The molecular weight excluding hydrogens is 385 g/mol. The Hall–Kier alpha value is -3.25. The number of aryl methyl sites for hydroxylation is 1. The van der Waals surface area contributed by atoms with E-state index in [1.54, 1.807) is 12.1 Å². The van der Waals surface area contributed by atoms with Gasteiger partial charge in [-0.15, -0.1) is 10.2 Å². The molecule has 0 bridgehead atoms. The lowest BCUT2D eigenvalue weighted by molar-refractivity contribution is -0.113. The first kappa shape index (κ1) is 19.1. The number of fused-ring (bicyclic) bond motifs is 1. The largest absolute Gasteiger partial charge is 0.325 e. The van der Waals surface area contributed by atoms with Gasteiger partial charge in [-0.1, -0.05) is 54.2 Å². The van der Waals surface area contributed by atoms with Crippen molar-refractivity contribution in [3.8, 4) is 11.3 Å². The Morgan fingerprint density at radius 3 is 2.38 bits per heavy atom. The summed E-state index contributed by atoms with van der Waals surface area (Å²) in [6.45, 7) is 1.95. The van der Waals surface area contributed by atoms with Gasteiger partial charge >= 0.3 is 0 Å². The summed E-state index contributed by atoms with van der Waals surface area (Å²) in [6.07, 6.45) is 0. The third-order valence-corrected chi connectivity index (χ3v) is 5.51. The summed E-state index contributed by atoms with van der Waals surface area (Å²) in [6, 6.07) is 21.6. The van der Waals surface area contributed by atoms with Crippen molar-refractivity contribution in [2.24, 2.45) is 0 Å². The van der Waals surface area contributed by atoms with E-state index in [9.17, 15) is 9.18 Å². The van der Waals surface area contributed by atoms with E-state index < -0.39 is 0 Å². The van der Waals surface area contributed by atoms with Gasteiger partial charge in [0.1, 0.15) is 16.5 Å². The number of benzene rings is 3. The summed E-state index contributed by atoms with van der Waals surface area (Å²) in [5.41, 5.74) is 3.30. The summed E-state index contributed by atoms with van der Waals surface area (Å²) < 4.78 is 13.3. The highest BCUT2D eigenvalue weighted by molar-refractivity contribution is 8.00. The Kier molecular flexibility index (Phi) is 5.53. The molecule has 0 fully saturated rings. The van der Waals surface area contributed by atoms with Gasteiger partial charge in [-0.25, -0.2) is 4.39 Å². The second kappa shape index (κ2) is 8.41. The lowest BCUT2D eigenvalue weighted by Gasteiger charge is -2.10. The molecule has 0 radical (unpaired) electrons. The molecule has 1 amide bonds. The van der Waals surface area contributed by atoms with Gasteiger partial charge in [-0.3, -0.25) is 4.79 Å². The van der Waals surface area contributed by atoms with Crippen LogP contribution in [0.1, 0.15) is 5.56 Å². The topological polar surface area (TPSA) is 54.9 Å². The number of halogens is 1. The molecule has 4 aromatic rings. The van der Waals surface area contributed by atoms with Crippen molar-refractivity contribution < 1.29 is 9.18 Å². The number of hydrogen-bond acceptors (Lipinski definition) is 4. The minimum absolute atomic E-state index is 0.0993. The smallest absolute Gasteiger partial charge is 0.234 e. The predicted molar refractivity (Wildman–Crippen MR) is 115 cm³/mol. The highest BCUT2D eigenvalue weighted by Crippen LogP contribution is 2.31. The van der Waals surface area contributed by atoms with Gasteiger partial charge in [0.25, 0.3) is 0 Å². The highest BCUT2D eigenvalue weighted by Gasteiger charge is 2.13. The first-order chi connectivity index (χ1) is 14.1. The molecule has 0 aliphatic carbocycles. The van der Waals surface area contributed by atoms with E-state index in [1.807, 2.05) is 55.5 Å². The summed E-state index contributed by atoms with van der Waals surface area (Å²) in [7, 11) is 0. The number of thioether (sulfide) groups is 1. The molecule has 1 aromatic heterocycles. The molecule has 29 heavy (non-hydrogen) atoms. The quantitative estimate of drug-likeness (QED) is 0.449. The van der Waals surface area contributed by atoms with Crippen LogP contribution in [0, 0.1) is 12.7 Å². The summed E-state index contributed by atoms with van der Waals surface area (Å²) in [5, 5.41) is 14.1. The fourth-order valence-corrected chi connectivity index (χ4v) is 3.81. The molecule has 0 spiro atoms. The summed E-state index contributed by atoms with van der Waals surface area (Å²) >= 11 is 1.34. The summed E-state index contributed by atoms with van der Waals surface area (Å²) in [4.78, 5) is 12.4. The summed E-state index contributed by atoms with van der Waals surface area (Å²) in [5.74, 6) is -0.168. The van der Waals surface area contributed by atoms with E-state index in [2.05, 4.69) is 15.5 Å². The van der Waals surface area contributed by atoms with E-state index in [0.717, 1.165) is 27.6 Å². The Labute approximate surface area is 172 Å². The molecule has 144 valence electrons. The molecule has 4 nitrogen and oxygen atoms in total. The van der Waals surface area contributed by atoms with Gasteiger partial charge in [0.2, 0.25) is 5.91 Å². The fourth-order valence-electron chi connectivity index (χ4n) is 3.04. The average Bonchev–Trinajstić information content (AvgIpc) is 2.74. The number of amides is 1. The lowest BCUT2D eigenvalue weighted by Crippen LogP contribution is -2.15. The van der Waals surface area contributed by atoms with Crippen LogP contribution in [0.15, 0.2) is 77.8 Å². The van der Waals surface area contributed by atoms with Crippen LogP contribution in [0.25, 0.3) is 22.0 Å². The van der Waals surface area contributed by atoms with E-state index in [-0.39, 0.29) is 17.5 Å². The number of para-hydroxylation sites is 1. The number of aromatic nitrogens is 2. The molecule has 0 saturated heterocycles. The van der Waals surface area contributed by atoms with Crippen molar-refractivity contribution in [2.45, 2.75) is 11.9 Å². The maximum absolute atomic E-state index is 13.3. The second-order valence-corrected chi connectivity index (χ2v) is 7.52. The molecular formula is C23H18FN3OS. The van der Waals surface area contributed by atoms with Crippen LogP contribution in [-0.2, 0) is 4.79 Å². The second-order valence-electron chi connectivity index (χ2n) is 6.56. The van der Waals surface area contributed by atoms with E-state index >= 15 is 0 Å². The molecule has 3 aromatic carbocycles. The van der Waals surface area contributed by atoms with Gasteiger partial charge in [0.15, 0.2) is 0 Å².